The summed E-state index contributed by atoms with van der Waals surface area (Å²) >= 11 is 5.79. The van der Waals surface area contributed by atoms with Crippen LogP contribution in [0, 0.1) is 0 Å². The average molecular weight is 286 g/mol. The van der Waals surface area contributed by atoms with Gasteiger partial charge in [-0.25, -0.2) is 9.97 Å². The summed E-state index contributed by atoms with van der Waals surface area (Å²) in [6.07, 6.45) is 2.46. The van der Waals surface area contributed by atoms with Crippen molar-refractivity contribution in [3.63, 3.8) is 0 Å². The monoisotopic (exact) mass is 285 g/mol. The first-order valence-corrected chi connectivity index (χ1v) is 7.99. The lowest BCUT2D eigenvalue weighted by atomic mass is 10.4. The quantitative estimate of drug-likeness (QED) is 0.763. The molecule has 2 heterocycles. The third-order valence-electron chi connectivity index (χ3n) is 2.77. The van der Waals surface area contributed by atoms with Gasteiger partial charge in [-0.1, -0.05) is 6.92 Å². The summed E-state index contributed by atoms with van der Waals surface area (Å²) in [7, 11) is -0.776. The normalized spacial score (nSPS) is 13.0. The predicted molar refractivity (Wildman–Crippen MR) is 75.5 cm³/mol. The highest BCUT2D eigenvalue weighted by atomic mass is 35.5. The molecule has 98 valence electrons. The number of imidazole rings is 1. The number of halogens is 1. The van der Waals surface area contributed by atoms with Gasteiger partial charge in [0.2, 0.25) is 0 Å². The van der Waals surface area contributed by atoms with E-state index in [2.05, 4.69) is 9.97 Å². The topological polar surface area (TPSA) is 47.8 Å². The molecule has 0 bridgehead atoms. The predicted octanol–water partition coefficient (Wildman–Crippen LogP) is 1.98. The van der Waals surface area contributed by atoms with Crippen molar-refractivity contribution in [3.8, 4) is 0 Å². The van der Waals surface area contributed by atoms with Crippen LogP contribution in [0.5, 0.6) is 0 Å². The third kappa shape index (κ3) is 2.90. The van der Waals surface area contributed by atoms with E-state index in [1.807, 2.05) is 23.6 Å². The molecule has 0 fully saturated rings. The van der Waals surface area contributed by atoms with E-state index >= 15 is 0 Å². The number of pyridine rings is 1. The summed E-state index contributed by atoms with van der Waals surface area (Å²) in [6, 6.07) is 3.81. The highest BCUT2D eigenvalue weighted by Gasteiger charge is 2.11. The molecule has 4 nitrogen and oxygen atoms in total. The van der Waals surface area contributed by atoms with E-state index in [1.54, 1.807) is 6.20 Å². The van der Waals surface area contributed by atoms with Gasteiger partial charge in [0.15, 0.2) is 5.65 Å². The maximum Gasteiger partial charge on any atom is 0.160 e. The molecule has 6 heteroatoms. The Balaban J connectivity index is 2.32. The first-order valence-electron chi connectivity index (χ1n) is 5.97. The molecule has 0 amide bonds. The molecule has 0 aliphatic rings. The van der Waals surface area contributed by atoms with Gasteiger partial charge in [-0.15, -0.1) is 11.6 Å². The van der Waals surface area contributed by atoms with Crippen LogP contribution < -0.4 is 0 Å². The lowest BCUT2D eigenvalue weighted by molar-refractivity contribution is 0.670. The standard InChI is InChI=1S/C12H16ClN3OS/c1-2-18(17)9-8-16-11(5-6-13)15-10-4-3-7-14-12(10)16/h3-4,7H,2,5-6,8-9H2,1H3. The number of alkyl halides is 1. The Labute approximate surface area is 114 Å². The summed E-state index contributed by atoms with van der Waals surface area (Å²) in [4.78, 5) is 8.87. The van der Waals surface area contributed by atoms with Gasteiger partial charge in [-0.3, -0.25) is 4.21 Å². The van der Waals surface area contributed by atoms with E-state index in [-0.39, 0.29) is 0 Å². The highest BCUT2D eigenvalue weighted by molar-refractivity contribution is 7.84. The Morgan fingerprint density at radius 3 is 3.06 bits per heavy atom. The number of hydrogen-bond acceptors (Lipinski definition) is 3. The van der Waals surface area contributed by atoms with Gasteiger partial charge in [-0.05, 0) is 12.1 Å². The first-order chi connectivity index (χ1) is 8.76. The van der Waals surface area contributed by atoms with Crippen molar-refractivity contribution in [2.45, 2.75) is 19.9 Å². The first kappa shape index (κ1) is 13.5. The van der Waals surface area contributed by atoms with Crippen molar-refractivity contribution in [3.05, 3.63) is 24.2 Å². The second kappa shape index (κ2) is 6.29. The maximum atomic E-state index is 11.5. The van der Waals surface area contributed by atoms with E-state index < -0.39 is 10.8 Å². The van der Waals surface area contributed by atoms with Crippen LogP contribution in [0.4, 0.5) is 0 Å². The van der Waals surface area contributed by atoms with Gasteiger partial charge in [0.25, 0.3) is 0 Å². The van der Waals surface area contributed by atoms with E-state index in [9.17, 15) is 4.21 Å². The number of hydrogen-bond donors (Lipinski definition) is 0. The lowest BCUT2D eigenvalue weighted by Gasteiger charge is -2.06. The van der Waals surface area contributed by atoms with Gasteiger partial charge in [0.05, 0.1) is 0 Å². The van der Waals surface area contributed by atoms with Crippen LogP contribution in [0.2, 0.25) is 0 Å². The molecule has 1 atom stereocenters. The summed E-state index contributed by atoms with van der Waals surface area (Å²) < 4.78 is 13.6. The molecule has 0 aromatic carbocycles. The zero-order valence-corrected chi connectivity index (χ0v) is 11.9. The zero-order chi connectivity index (χ0) is 13.0. The summed E-state index contributed by atoms with van der Waals surface area (Å²) in [5.74, 6) is 2.77. The molecule has 1 unspecified atom stereocenters. The van der Waals surface area contributed by atoms with Crippen molar-refractivity contribution in [2.75, 3.05) is 17.4 Å². The van der Waals surface area contributed by atoms with Gasteiger partial charge in [0.1, 0.15) is 11.3 Å². The van der Waals surface area contributed by atoms with Crippen molar-refractivity contribution >= 4 is 33.6 Å². The number of aryl methyl sites for hydroxylation is 2. The summed E-state index contributed by atoms with van der Waals surface area (Å²) in [5.41, 5.74) is 1.73. The Bertz CT molecular complexity index is 555. The number of rotatable bonds is 6. The largest absolute Gasteiger partial charge is 0.312 e. The molecular formula is C12H16ClN3OS. The Kier molecular flexibility index (Phi) is 4.72. The van der Waals surface area contributed by atoms with Gasteiger partial charge in [-0.2, -0.15) is 0 Å². The second-order valence-corrected chi connectivity index (χ2v) is 6.14. The molecule has 0 saturated heterocycles. The summed E-state index contributed by atoms with van der Waals surface area (Å²) in [5, 5.41) is 0. The lowest BCUT2D eigenvalue weighted by Crippen LogP contribution is -2.12. The minimum Gasteiger partial charge on any atom is -0.312 e. The van der Waals surface area contributed by atoms with Crippen LogP contribution in [0.1, 0.15) is 12.7 Å². The van der Waals surface area contributed by atoms with Crippen molar-refractivity contribution < 1.29 is 4.21 Å². The van der Waals surface area contributed by atoms with E-state index in [0.717, 1.165) is 17.0 Å². The molecule has 2 aromatic rings. The van der Waals surface area contributed by atoms with Crippen LogP contribution >= 0.6 is 11.6 Å². The van der Waals surface area contributed by atoms with E-state index in [0.29, 0.717) is 30.4 Å². The molecule has 0 spiro atoms. The molecule has 2 aromatic heterocycles. The van der Waals surface area contributed by atoms with Crippen molar-refractivity contribution in [1.82, 2.24) is 14.5 Å². The Morgan fingerprint density at radius 2 is 2.33 bits per heavy atom. The second-order valence-electron chi connectivity index (χ2n) is 3.90. The van der Waals surface area contributed by atoms with Gasteiger partial charge in [0, 0.05) is 47.3 Å². The number of nitrogens with zero attached hydrogens (tertiary/aromatic N) is 3. The van der Waals surface area contributed by atoms with Crippen molar-refractivity contribution in [1.29, 1.82) is 0 Å². The van der Waals surface area contributed by atoms with E-state index in [1.165, 1.54) is 0 Å². The molecule has 0 saturated carbocycles. The third-order valence-corrected chi connectivity index (χ3v) is 4.24. The maximum absolute atomic E-state index is 11.5. The van der Waals surface area contributed by atoms with E-state index in [4.69, 9.17) is 11.6 Å². The fourth-order valence-corrected chi connectivity index (χ4v) is 2.70. The molecular weight excluding hydrogens is 270 g/mol. The summed E-state index contributed by atoms with van der Waals surface area (Å²) in [6.45, 7) is 2.61. The molecule has 0 N–H and O–H groups in total. The Hall–Kier alpha value is -0.940. The number of fused-ring (bicyclic) bond motifs is 1. The zero-order valence-electron chi connectivity index (χ0n) is 10.3. The highest BCUT2D eigenvalue weighted by Crippen LogP contribution is 2.14. The van der Waals surface area contributed by atoms with Gasteiger partial charge >= 0.3 is 0 Å². The van der Waals surface area contributed by atoms with Gasteiger partial charge < -0.3 is 4.57 Å². The van der Waals surface area contributed by atoms with Crippen molar-refractivity contribution in [2.24, 2.45) is 0 Å². The Morgan fingerprint density at radius 1 is 1.50 bits per heavy atom. The fraction of sp³-hybridized carbons (Fsp3) is 0.500. The molecule has 0 aliphatic heterocycles. The molecule has 0 radical (unpaired) electrons. The van der Waals surface area contributed by atoms with Crippen LogP contribution in [0.3, 0.4) is 0 Å². The minimum atomic E-state index is -0.776. The average Bonchev–Trinajstić information content (AvgIpc) is 2.74. The molecule has 18 heavy (non-hydrogen) atoms. The SMILES string of the molecule is CCS(=O)CCn1c(CCCl)nc2cccnc21. The van der Waals surface area contributed by atoms with Crippen LogP contribution in [0.15, 0.2) is 18.3 Å². The fourth-order valence-electron chi connectivity index (χ4n) is 1.85. The molecule has 0 aliphatic carbocycles. The van der Waals surface area contributed by atoms with Crippen LogP contribution in [0.25, 0.3) is 11.2 Å². The number of aromatic nitrogens is 3. The van der Waals surface area contributed by atoms with Crippen LogP contribution in [-0.2, 0) is 23.8 Å². The van der Waals surface area contributed by atoms with Crippen LogP contribution in [-0.4, -0.2) is 36.1 Å². The minimum absolute atomic E-state index is 0.528. The molecule has 2 rings (SSSR count). The smallest absolute Gasteiger partial charge is 0.160 e.